The Labute approximate surface area is 139 Å². The average molecular weight is 343 g/mol. The van der Waals surface area contributed by atoms with Crippen LogP contribution in [0.2, 0.25) is 5.15 Å². The number of carboxylic acid groups (broad SMARTS) is 1. The molecule has 0 bridgehead atoms. The van der Waals surface area contributed by atoms with Gasteiger partial charge in [0.2, 0.25) is 0 Å². The molecule has 2 rings (SSSR count). The monoisotopic (exact) mass is 342 g/mol. The lowest BCUT2D eigenvalue weighted by Crippen LogP contribution is -2.58. The van der Waals surface area contributed by atoms with Gasteiger partial charge in [0.05, 0.1) is 6.54 Å². The van der Waals surface area contributed by atoms with Gasteiger partial charge in [-0.1, -0.05) is 11.6 Å². The SMILES string of the molecule is CC(C)(C)OC(=O)N1CCN(c2ccc(Cl)nn2)[C@H](C(=O)O)C1. The minimum absolute atomic E-state index is 0.00849. The number of piperazine rings is 1. The highest BCUT2D eigenvalue weighted by Gasteiger charge is 2.36. The van der Waals surface area contributed by atoms with Crippen molar-refractivity contribution in [2.24, 2.45) is 0 Å². The number of anilines is 1. The number of hydrogen-bond acceptors (Lipinski definition) is 6. The first-order chi connectivity index (χ1) is 10.7. The molecule has 1 aliphatic rings. The first kappa shape index (κ1) is 17.3. The molecule has 1 fully saturated rings. The van der Waals surface area contributed by atoms with Crippen molar-refractivity contribution in [2.45, 2.75) is 32.4 Å². The quantitative estimate of drug-likeness (QED) is 0.872. The molecule has 1 aromatic heterocycles. The zero-order valence-electron chi connectivity index (χ0n) is 13.2. The Hall–Kier alpha value is -2.09. The third kappa shape index (κ3) is 4.44. The molecule has 9 heteroatoms. The largest absolute Gasteiger partial charge is 0.480 e. The maximum Gasteiger partial charge on any atom is 0.410 e. The van der Waals surface area contributed by atoms with Gasteiger partial charge in [0, 0.05) is 13.1 Å². The summed E-state index contributed by atoms with van der Waals surface area (Å²) in [5.74, 6) is -0.638. The van der Waals surface area contributed by atoms with Crippen molar-refractivity contribution in [1.29, 1.82) is 0 Å². The Morgan fingerprint density at radius 1 is 1.30 bits per heavy atom. The summed E-state index contributed by atoms with van der Waals surface area (Å²) in [6.45, 7) is 5.95. The van der Waals surface area contributed by atoms with Crippen LogP contribution < -0.4 is 4.90 Å². The Bertz CT molecular complexity index is 587. The Balaban J connectivity index is 2.13. The van der Waals surface area contributed by atoms with Crippen LogP contribution in [0.4, 0.5) is 10.6 Å². The van der Waals surface area contributed by atoms with Crippen LogP contribution in [0.5, 0.6) is 0 Å². The number of carbonyl (C=O) groups excluding carboxylic acids is 1. The molecule has 23 heavy (non-hydrogen) atoms. The number of aromatic nitrogens is 2. The molecular formula is C14H19ClN4O4. The molecule has 1 N–H and O–H groups in total. The highest BCUT2D eigenvalue weighted by molar-refractivity contribution is 6.29. The summed E-state index contributed by atoms with van der Waals surface area (Å²) in [6, 6.07) is 2.23. The summed E-state index contributed by atoms with van der Waals surface area (Å²) in [5, 5.41) is 17.3. The number of rotatable bonds is 2. The molecule has 8 nitrogen and oxygen atoms in total. The summed E-state index contributed by atoms with van der Waals surface area (Å²) in [7, 11) is 0. The molecule has 126 valence electrons. The second kappa shape index (κ2) is 6.57. The molecular weight excluding hydrogens is 324 g/mol. The molecule has 1 atom stereocenters. The van der Waals surface area contributed by atoms with Gasteiger partial charge in [-0.05, 0) is 32.9 Å². The first-order valence-electron chi connectivity index (χ1n) is 7.14. The summed E-state index contributed by atoms with van der Waals surface area (Å²) in [6.07, 6.45) is -0.523. The third-order valence-electron chi connectivity index (χ3n) is 3.23. The van der Waals surface area contributed by atoms with Gasteiger partial charge in [0.1, 0.15) is 11.6 Å². The second-order valence-corrected chi connectivity index (χ2v) is 6.58. The van der Waals surface area contributed by atoms with Crippen molar-refractivity contribution in [3.05, 3.63) is 17.3 Å². The van der Waals surface area contributed by atoms with Crippen LogP contribution in [-0.2, 0) is 9.53 Å². The van der Waals surface area contributed by atoms with E-state index in [2.05, 4.69) is 10.2 Å². The molecule has 0 saturated carbocycles. The predicted molar refractivity (Wildman–Crippen MR) is 83.6 cm³/mol. The van der Waals surface area contributed by atoms with E-state index in [0.29, 0.717) is 18.9 Å². The Morgan fingerprint density at radius 2 is 2.00 bits per heavy atom. The van der Waals surface area contributed by atoms with Gasteiger partial charge >= 0.3 is 12.1 Å². The van der Waals surface area contributed by atoms with E-state index in [1.54, 1.807) is 37.8 Å². The van der Waals surface area contributed by atoms with Gasteiger partial charge in [0.25, 0.3) is 0 Å². The molecule has 1 saturated heterocycles. The van der Waals surface area contributed by atoms with Crippen molar-refractivity contribution in [3.63, 3.8) is 0 Å². The normalized spacial score (nSPS) is 18.7. The number of hydrogen-bond donors (Lipinski definition) is 1. The van der Waals surface area contributed by atoms with Crippen LogP contribution in [0.15, 0.2) is 12.1 Å². The fourth-order valence-electron chi connectivity index (χ4n) is 2.22. The molecule has 1 amide bonds. The molecule has 0 spiro atoms. The predicted octanol–water partition coefficient (Wildman–Crippen LogP) is 1.64. The maximum atomic E-state index is 12.1. The Morgan fingerprint density at radius 3 is 2.52 bits per heavy atom. The van der Waals surface area contributed by atoms with Crippen molar-refractivity contribution in [2.75, 3.05) is 24.5 Å². The number of halogens is 1. The van der Waals surface area contributed by atoms with E-state index in [1.807, 2.05) is 0 Å². The lowest BCUT2D eigenvalue weighted by Gasteiger charge is -2.39. The van der Waals surface area contributed by atoms with E-state index in [0.717, 1.165) is 0 Å². The lowest BCUT2D eigenvalue weighted by atomic mass is 10.1. The molecule has 2 heterocycles. The zero-order valence-corrected chi connectivity index (χ0v) is 13.9. The number of carbonyl (C=O) groups is 2. The molecule has 1 aromatic rings. The number of amides is 1. The van der Waals surface area contributed by atoms with E-state index < -0.39 is 23.7 Å². The zero-order chi connectivity index (χ0) is 17.2. The number of ether oxygens (including phenoxy) is 1. The van der Waals surface area contributed by atoms with Gasteiger partial charge in [-0.15, -0.1) is 10.2 Å². The van der Waals surface area contributed by atoms with Gasteiger partial charge in [-0.25, -0.2) is 9.59 Å². The van der Waals surface area contributed by atoms with Crippen LogP contribution in [0.3, 0.4) is 0 Å². The van der Waals surface area contributed by atoms with E-state index in [4.69, 9.17) is 16.3 Å². The summed E-state index contributed by atoms with van der Waals surface area (Å²) >= 11 is 5.70. The number of carboxylic acids is 1. The third-order valence-corrected chi connectivity index (χ3v) is 3.43. The highest BCUT2D eigenvalue weighted by Crippen LogP contribution is 2.20. The van der Waals surface area contributed by atoms with E-state index >= 15 is 0 Å². The van der Waals surface area contributed by atoms with Gasteiger partial charge in [-0.2, -0.15) is 0 Å². The van der Waals surface area contributed by atoms with Crippen LogP contribution in [0.1, 0.15) is 20.8 Å². The van der Waals surface area contributed by atoms with E-state index in [-0.39, 0.29) is 11.7 Å². The average Bonchev–Trinajstić information content (AvgIpc) is 2.45. The number of aliphatic carboxylic acids is 1. The summed E-state index contributed by atoms with van der Waals surface area (Å²) < 4.78 is 5.29. The van der Waals surface area contributed by atoms with Gasteiger partial charge in [-0.3, -0.25) is 0 Å². The van der Waals surface area contributed by atoms with Crippen LogP contribution in [0.25, 0.3) is 0 Å². The van der Waals surface area contributed by atoms with Crippen LogP contribution in [0, 0.1) is 0 Å². The second-order valence-electron chi connectivity index (χ2n) is 6.19. The van der Waals surface area contributed by atoms with Crippen molar-refractivity contribution in [1.82, 2.24) is 15.1 Å². The Kier molecular flexibility index (Phi) is 4.93. The fraction of sp³-hybridized carbons (Fsp3) is 0.571. The van der Waals surface area contributed by atoms with Gasteiger partial charge < -0.3 is 19.6 Å². The molecule has 0 radical (unpaired) electrons. The standard InChI is InChI=1S/C14H19ClN4O4/c1-14(2,3)23-13(22)18-6-7-19(9(8-18)12(20)21)11-5-4-10(15)16-17-11/h4-5,9H,6-8H2,1-3H3,(H,20,21)/t9-/m0/s1. The fourth-order valence-corrected chi connectivity index (χ4v) is 2.32. The minimum Gasteiger partial charge on any atom is -0.480 e. The lowest BCUT2D eigenvalue weighted by molar-refractivity contribution is -0.139. The van der Waals surface area contributed by atoms with Crippen LogP contribution >= 0.6 is 11.6 Å². The van der Waals surface area contributed by atoms with Crippen molar-refractivity contribution in [3.8, 4) is 0 Å². The van der Waals surface area contributed by atoms with Crippen molar-refractivity contribution >= 4 is 29.5 Å². The first-order valence-corrected chi connectivity index (χ1v) is 7.52. The topological polar surface area (TPSA) is 95.9 Å². The number of nitrogens with zero attached hydrogens (tertiary/aromatic N) is 4. The smallest absolute Gasteiger partial charge is 0.410 e. The van der Waals surface area contributed by atoms with E-state index in [9.17, 15) is 14.7 Å². The molecule has 0 aromatic carbocycles. The van der Waals surface area contributed by atoms with Crippen LogP contribution in [-0.4, -0.2) is 63.5 Å². The van der Waals surface area contributed by atoms with E-state index in [1.165, 1.54) is 4.90 Å². The maximum absolute atomic E-state index is 12.1. The minimum atomic E-state index is -1.05. The highest BCUT2D eigenvalue weighted by atomic mass is 35.5. The van der Waals surface area contributed by atoms with Gasteiger partial charge in [0.15, 0.2) is 11.0 Å². The summed E-state index contributed by atoms with van der Waals surface area (Å²) in [4.78, 5) is 26.7. The molecule has 0 aliphatic carbocycles. The van der Waals surface area contributed by atoms with Crippen molar-refractivity contribution < 1.29 is 19.4 Å². The summed E-state index contributed by atoms with van der Waals surface area (Å²) in [5.41, 5.74) is -0.630. The molecule has 0 unspecified atom stereocenters. The molecule has 1 aliphatic heterocycles.